The van der Waals surface area contributed by atoms with Crippen LogP contribution in [0.2, 0.25) is 0 Å². The summed E-state index contributed by atoms with van der Waals surface area (Å²) in [4.78, 5) is 17.0. The Morgan fingerprint density at radius 1 is 1.21 bits per heavy atom. The van der Waals surface area contributed by atoms with Gasteiger partial charge in [-0.2, -0.15) is 0 Å². The van der Waals surface area contributed by atoms with Gasteiger partial charge >= 0.3 is 0 Å². The van der Waals surface area contributed by atoms with Crippen LogP contribution in [0.25, 0.3) is 0 Å². The van der Waals surface area contributed by atoms with Crippen LogP contribution < -0.4 is 14.8 Å². The van der Waals surface area contributed by atoms with Crippen LogP contribution in [-0.2, 0) is 4.74 Å². The van der Waals surface area contributed by atoms with E-state index in [0.717, 1.165) is 0 Å². The molecule has 0 saturated carbocycles. The van der Waals surface area contributed by atoms with Crippen molar-refractivity contribution in [3.05, 3.63) is 23.8 Å². The number of amides is 1. The average molecular weight is 334 g/mol. The number of hydrogen-bond acceptors (Lipinski definition) is 5. The number of amidine groups is 1. The minimum Gasteiger partial charge on any atom is -0.465 e. The van der Waals surface area contributed by atoms with Gasteiger partial charge in [-0.25, -0.2) is 4.99 Å². The monoisotopic (exact) mass is 334 g/mol. The molecule has 1 aromatic carbocycles. The van der Waals surface area contributed by atoms with E-state index in [1.54, 1.807) is 18.2 Å². The summed E-state index contributed by atoms with van der Waals surface area (Å²) in [5, 5.41) is 2.76. The molecule has 1 heterocycles. The lowest BCUT2D eigenvalue weighted by Crippen LogP contribution is -2.34. The van der Waals surface area contributed by atoms with Crippen molar-refractivity contribution in [2.45, 2.75) is 40.7 Å². The number of rotatable bonds is 5. The van der Waals surface area contributed by atoms with Crippen molar-refractivity contribution in [1.29, 1.82) is 0 Å². The first-order valence-corrected chi connectivity index (χ1v) is 8.28. The van der Waals surface area contributed by atoms with Gasteiger partial charge < -0.3 is 14.2 Å². The molecule has 132 valence electrons. The van der Waals surface area contributed by atoms with Crippen LogP contribution in [0.4, 0.5) is 0 Å². The van der Waals surface area contributed by atoms with Gasteiger partial charge in [0.25, 0.3) is 11.9 Å². The van der Waals surface area contributed by atoms with Crippen molar-refractivity contribution in [2.24, 2.45) is 16.8 Å². The smallest absolute Gasteiger partial charge is 0.291 e. The van der Waals surface area contributed by atoms with E-state index in [4.69, 9.17) is 14.2 Å². The molecule has 0 saturated heterocycles. The first-order chi connectivity index (χ1) is 11.4. The molecule has 0 aromatic heterocycles. The van der Waals surface area contributed by atoms with Crippen LogP contribution in [0.15, 0.2) is 23.2 Å². The Morgan fingerprint density at radius 3 is 2.58 bits per heavy atom. The van der Waals surface area contributed by atoms with Crippen LogP contribution in [0.3, 0.4) is 0 Å². The van der Waals surface area contributed by atoms with E-state index < -0.39 is 0 Å². The zero-order valence-corrected chi connectivity index (χ0v) is 15.0. The first kappa shape index (κ1) is 18.1. The number of nitrogens with zero attached hydrogens (tertiary/aromatic N) is 1. The van der Waals surface area contributed by atoms with Crippen molar-refractivity contribution in [1.82, 2.24) is 5.32 Å². The van der Waals surface area contributed by atoms with Crippen LogP contribution >= 0.6 is 0 Å². The van der Waals surface area contributed by atoms with Crippen molar-refractivity contribution in [3.63, 3.8) is 0 Å². The summed E-state index contributed by atoms with van der Waals surface area (Å²) in [6, 6.07) is 5.37. The topological polar surface area (TPSA) is 69.2 Å². The fraction of sp³-hybridized carbons (Fsp3) is 0.556. The SMILES string of the molecule is CC(C)COC(=N[C@@H](C)C(C)C)NC(=O)c1ccc2c(c1)OCO2. The van der Waals surface area contributed by atoms with E-state index in [-0.39, 0.29) is 24.8 Å². The van der Waals surface area contributed by atoms with Crippen LogP contribution in [0, 0.1) is 11.8 Å². The molecule has 0 spiro atoms. The molecule has 2 rings (SSSR count). The standard InChI is InChI=1S/C18H26N2O4/c1-11(2)9-22-18(19-13(5)12(3)4)20-17(21)14-6-7-15-16(8-14)24-10-23-15/h6-8,11-13H,9-10H2,1-5H3,(H,19,20,21)/t13-/m0/s1. The number of hydrogen-bond donors (Lipinski definition) is 1. The molecule has 0 fully saturated rings. The molecule has 1 aromatic rings. The lowest BCUT2D eigenvalue weighted by atomic mass is 10.1. The highest BCUT2D eigenvalue weighted by Crippen LogP contribution is 2.32. The average Bonchev–Trinajstić information content (AvgIpc) is 2.99. The number of carbonyl (C=O) groups excluding carboxylic acids is 1. The highest BCUT2D eigenvalue weighted by atomic mass is 16.7. The van der Waals surface area contributed by atoms with Gasteiger partial charge in [0.2, 0.25) is 6.79 Å². The number of fused-ring (bicyclic) bond motifs is 1. The molecule has 1 N–H and O–H groups in total. The van der Waals surface area contributed by atoms with Gasteiger partial charge in [0.15, 0.2) is 11.5 Å². The Balaban J connectivity index is 2.11. The van der Waals surface area contributed by atoms with Crippen LogP contribution in [0.1, 0.15) is 45.0 Å². The van der Waals surface area contributed by atoms with E-state index in [0.29, 0.717) is 35.5 Å². The quantitative estimate of drug-likeness (QED) is 0.663. The fourth-order valence-electron chi connectivity index (χ4n) is 1.89. The summed E-state index contributed by atoms with van der Waals surface area (Å²) in [5.74, 6) is 1.62. The van der Waals surface area contributed by atoms with Crippen molar-refractivity contribution in [3.8, 4) is 11.5 Å². The zero-order valence-electron chi connectivity index (χ0n) is 15.0. The number of carbonyl (C=O) groups is 1. The highest BCUT2D eigenvalue weighted by molar-refractivity contribution is 6.04. The van der Waals surface area contributed by atoms with Crippen LogP contribution in [0.5, 0.6) is 11.5 Å². The summed E-state index contributed by atoms with van der Waals surface area (Å²) >= 11 is 0. The second-order valence-corrected chi connectivity index (χ2v) is 6.65. The summed E-state index contributed by atoms with van der Waals surface area (Å²) in [6.07, 6.45) is 0. The third-order valence-electron chi connectivity index (χ3n) is 3.69. The van der Waals surface area contributed by atoms with E-state index >= 15 is 0 Å². The van der Waals surface area contributed by atoms with Gasteiger partial charge in [0.05, 0.1) is 12.6 Å². The minimum absolute atomic E-state index is 0.0456. The third kappa shape index (κ3) is 4.88. The lowest BCUT2D eigenvalue weighted by molar-refractivity contribution is 0.0962. The normalized spacial score (nSPS) is 14.9. The van der Waals surface area contributed by atoms with Gasteiger partial charge in [-0.15, -0.1) is 0 Å². The Bertz CT molecular complexity index is 611. The van der Waals surface area contributed by atoms with Crippen molar-refractivity contribution < 1.29 is 19.0 Å². The number of ether oxygens (including phenoxy) is 3. The zero-order chi connectivity index (χ0) is 17.7. The molecular formula is C18H26N2O4. The minimum atomic E-state index is -0.285. The molecule has 0 unspecified atom stereocenters. The second-order valence-electron chi connectivity index (χ2n) is 6.65. The molecule has 1 amide bonds. The predicted octanol–water partition coefficient (Wildman–Crippen LogP) is 3.22. The fourth-order valence-corrected chi connectivity index (χ4v) is 1.89. The van der Waals surface area contributed by atoms with Gasteiger partial charge in [0, 0.05) is 5.56 Å². The van der Waals surface area contributed by atoms with Crippen molar-refractivity contribution in [2.75, 3.05) is 13.4 Å². The van der Waals surface area contributed by atoms with Crippen molar-refractivity contribution >= 4 is 11.9 Å². The van der Waals surface area contributed by atoms with Gasteiger partial charge in [-0.1, -0.05) is 27.7 Å². The maximum absolute atomic E-state index is 12.5. The van der Waals surface area contributed by atoms with Gasteiger partial charge in [-0.05, 0) is 37.0 Å². The number of aliphatic imine (C=N–C) groups is 1. The van der Waals surface area contributed by atoms with E-state index in [2.05, 4.69) is 24.2 Å². The second kappa shape index (κ2) is 8.04. The van der Waals surface area contributed by atoms with Gasteiger partial charge in [-0.3, -0.25) is 10.1 Å². The summed E-state index contributed by atoms with van der Waals surface area (Å²) in [5.41, 5.74) is 0.470. The van der Waals surface area contributed by atoms with E-state index in [1.807, 2.05) is 20.8 Å². The maximum atomic E-state index is 12.5. The maximum Gasteiger partial charge on any atom is 0.291 e. The third-order valence-corrected chi connectivity index (χ3v) is 3.69. The molecule has 0 radical (unpaired) electrons. The Labute approximate surface area is 143 Å². The molecule has 6 heteroatoms. The number of nitrogens with one attached hydrogen (secondary N) is 1. The van der Waals surface area contributed by atoms with Gasteiger partial charge in [0.1, 0.15) is 0 Å². The Morgan fingerprint density at radius 2 is 1.92 bits per heavy atom. The molecule has 1 aliphatic heterocycles. The van der Waals surface area contributed by atoms with Crippen LogP contribution in [-0.4, -0.2) is 31.4 Å². The van der Waals surface area contributed by atoms with E-state index in [9.17, 15) is 4.79 Å². The Hall–Kier alpha value is -2.24. The molecule has 24 heavy (non-hydrogen) atoms. The summed E-state index contributed by atoms with van der Waals surface area (Å²) in [6.45, 7) is 10.9. The first-order valence-electron chi connectivity index (χ1n) is 8.28. The molecule has 1 aliphatic rings. The summed E-state index contributed by atoms with van der Waals surface area (Å²) < 4.78 is 16.2. The molecular weight excluding hydrogens is 308 g/mol. The molecule has 6 nitrogen and oxygen atoms in total. The predicted molar refractivity (Wildman–Crippen MR) is 92.6 cm³/mol. The largest absolute Gasteiger partial charge is 0.465 e. The molecule has 1 atom stereocenters. The summed E-state index contributed by atoms with van der Waals surface area (Å²) in [7, 11) is 0. The Kier molecular flexibility index (Phi) is 6.06. The number of benzene rings is 1. The molecule has 0 bridgehead atoms. The molecule has 0 aliphatic carbocycles. The lowest BCUT2D eigenvalue weighted by Gasteiger charge is -2.16. The van der Waals surface area contributed by atoms with E-state index in [1.165, 1.54) is 0 Å². The highest BCUT2D eigenvalue weighted by Gasteiger charge is 2.18.